The summed E-state index contributed by atoms with van der Waals surface area (Å²) in [5.74, 6) is 0. The van der Waals surface area contributed by atoms with Gasteiger partial charge in [0.05, 0.1) is 11.0 Å². The van der Waals surface area contributed by atoms with Gasteiger partial charge in [0.1, 0.15) is 0 Å². The van der Waals surface area contributed by atoms with Gasteiger partial charge in [-0.2, -0.15) is 4.98 Å². The molecule has 1 aromatic heterocycles. The van der Waals surface area contributed by atoms with E-state index < -0.39 is 6.09 Å². The van der Waals surface area contributed by atoms with Crippen LogP contribution in [0.1, 0.15) is 19.8 Å². The second kappa shape index (κ2) is 6.74. The average Bonchev–Trinajstić information content (AvgIpc) is 2.85. The van der Waals surface area contributed by atoms with Crippen LogP contribution in [-0.2, 0) is 0 Å². The monoisotopic (exact) mass is 290 g/mol. The molecule has 0 saturated carbocycles. The summed E-state index contributed by atoms with van der Waals surface area (Å²) in [4.78, 5) is 27.8. The standard InChI is InChI=1S/C14H18N4O3/c1-3-4-9-16-12(19)18-11-8-6-5-7-10(11)17-13(18)21-14(20)15-2/h5-8H,3-4,9H2,1-2H3,(H,15,20)(H,16,19). The summed E-state index contributed by atoms with van der Waals surface area (Å²) in [5, 5.41) is 5.11. The van der Waals surface area contributed by atoms with Crippen LogP contribution in [0.3, 0.4) is 0 Å². The first-order valence-electron chi connectivity index (χ1n) is 6.82. The first kappa shape index (κ1) is 14.8. The fourth-order valence-electron chi connectivity index (χ4n) is 1.85. The minimum Gasteiger partial charge on any atom is -0.375 e. The Morgan fingerprint density at radius 2 is 2.10 bits per heavy atom. The molecular weight excluding hydrogens is 272 g/mol. The van der Waals surface area contributed by atoms with E-state index in [0.29, 0.717) is 17.6 Å². The summed E-state index contributed by atoms with van der Waals surface area (Å²) in [7, 11) is 1.44. The van der Waals surface area contributed by atoms with Gasteiger partial charge in [-0.05, 0) is 18.6 Å². The van der Waals surface area contributed by atoms with Crippen molar-refractivity contribution in [2.24, 2.45) is 0 Å². The van der Waals surface area contributed by atoms with E-state index in [1.807, 2.05) is 6.92 Å². The second-order valence-corrected chi connectivity index (χ2v) is 4.44. The van der Waals surface area contributed by atoms with Crippen LogP contribution in [0.2, 0.25) is 0 Å². The fraction of sp³-hybridized carbons (Fsp3) is 0.357. The lowest BCUT2D eigenvalue weighted by Crippen LogP contribution is -2.31. The summed E-state index contributed by atoms with van der Waals surface area (Å²) in [6.07, 6.45) is 1.18. The van der Waals surface area contributed by atoms with Crippen LogP contribution >= 0.6 is 0 Å². The van der Waals surface area contributed by atoms with E-state index in [1.54, 1.807) is 24.3 Å². The third-order valence-corrected chi connectivity index (χ3v) is 2.93. The maximum atomic E-state index is 12.3. The highest BCUT2D eigenvalue weighted by Gasteiger charge is 2.19. The highest BCUT2D eigenvalue weighted by molar-refractivity contribution is 5.91. The lowest BCUT2D eigenvalue weighted by atomic mass is 10.3. The molecule has 0 saturated heterocycles. The van der Waals surface area contributed by atoms with E-state index >= 15 is 0 Å². The van der Waals surface area contributed by atoms with Crippen molar-refractivity contribution >= 4 is 23.2 Å². The zero-order chi connectivity index (χ0) is 15.2. The Balaban J connectivity index is 2.35. The van der Waals surface area contributed by atoms with Crippen LogP contribution < -0.4 is 15.4 Å². The molecule has 1 aromatic carbocycles. The predicted molar refractivity (Wildman–Crippen MR) is 78.5 cm³/mol. The van der Waals surface area contributed by atoms with Crippen molar-refractivity contribution in [2.45, 2.75) is 19.8 Å². The van der Waals surface area contributed by atoms with Gasteiger partial charge >= 0.3 is 18.1 Å². The zero-order valence-electron chi connectivity index (χ0n) is 12.0. The Morgan fingerprint density at radius 1 is 1.33 bits per heavy atom. The third-order valence-electron chi connectivity index (χ3n) is 2.93. The smallest absolute Gasteiger partial charge is 0.375 e. The largest absolute Gasteiger partial charge is 0.414 e. The highest BCUT2D eigenvalue weighted by Crippen LogP contribution is 2.21. The van der Waals surface area contributed by atoms with Gasteiger partial charge in [-0.25, -0.2) is 14.2 Å². The van der Waals surface area contributed by atoms with Crippen LogP contribution in [0.15, 0.2) is 24.3 Å². The van der Waals surface area contributed by atoms with Crippen molar-refractivity contribution in [2.75, 3.05) is 13.6 Å². The van der Waals surface area contributed by atoms with Crippen LogP contribution in [0.5, 0.6) is 6.01 Å². The third kappa shape index (κ3) is 3.31. The molecule has 0 spiro atoms. The molecule has 0 aliphatic carbocycles. The van der Waals surface area contributed by atoms with E-state index in [9.17, 15) is 9.59 Å². The summed E-state index contributed by atoms with van der Waals surface area (Å²) in [6.45, 7) is 2.60. The number of carbonyl (C=O) groups is 2. The maximum Gasteiger partial charge on any atom is 0.414 e. The molecule has 2 aromatic rings. The molecule has 2 amide bonds. The minimum atomic E-state index is -0.673. The van der Waals surface area contributed by atoms with Crippen molar-refractivity contribution < 1.29 is 14.3 Å². The summed E-state index contributed by atoms with van der Waals surface area (Å²) in [5.41, 5.74) is 1.17. The van der Waals surface area contributed by atoms with E-state index in [-0.39, 0.29) is 12.0 Å². The number of benzene rings is 1. The summed E-state index contributed by atoms with van der Waals surface area (Å²) >= 11 is 0. The van der Waals surface area contributed by atoms with Gasteiger partial charge in [-0.15, -0.1) is 0 Å². The lowest BCUT2D eigenvalue weighted by molar-refractivity contribution is 0.196. The summed E-state index contributed by atoms with van der Waals surface area (Å²) in [6, 6.07) is 6.68. The van der Waals surface area contributed by atoms with Gasteiger partial charge in [-0.1, -0.05) is 25.5 Å². The maximum absolute atomic E-state index is 12.3. The Morgan fingerprint density at radius 3 is 2.81 bits per heavy atom. The number of nitrogens with one attached hydrogen (secondary N) is 2. The lowest BCUT2D eigenvalue weighted by Gasteiger charge is -2.08. The average molecular weight is 290 g/mol. The molecule has 0 aliphatic rings. The number of aromatic nitrogens is 2. The van der Waals surface area contributed by atoms with Gasteiger partial charge in [0.15, 0.2) is 0 Å². The normalized spacial score (nSPS) is 10.4. The predicted octanol–water partition coefficient (Wildman–Crippen LogP) is 2.11. The van der Waals surface area contributed by atoms with Crippen molar-refractivity contribution in [1.82, 2.24) is 20.2 Å². The van der Waals surface area contributed by atoms with Crippen molar-refractivity contribution in [3.05, 3.63) is 24.3 Å². The molecule has 0 aliphatic heterocycles. The van der Waals surface area contributed by atoms with Gasteiger partial charge in [0.2, 0.25) is 0 Å². The number of carbonyl (C=O) groups excluding carboxylic acids is 2. The number of imidazole rings is 1. The number of nitrogens with zero attached hydrogens (tertiary/aromatic N) is 2. The Hall–Kier alpha value is -2.57. The van der Waals surface area contributed by atoms with Crippen LogP contribution in [0.25, 0.3) is 11.0 Å². The number of rotatable bonds is 4. The fourth-order valence-corrected chi connectivity index (χ4v) is 1.85. The second-order valence-electron chi connectivity index (χ2n) is 4.44. The molecule has 2 N–H and O–H groups in total. The molecule has 112 valence electrons. The molecule has 0 atom stereocenters. The first-order chi connectivity index (χ1) is 10.2. The van der Waals surface area contributed by atoms with Crippen molar-refractivity contribution in [3.63, 3.8) is 0 Å². The summed E-state index contributed by atoms with van der Waals surface area (Å²) < 4.78 is 6.31. The molecule has 1 heterocycles. The van der Waals surface area contributed by atoms with E-state index in [1.165, 1.54) is 11.6 Å². The zero-order valence-corrected chi connectivity index (χ0v) is 12.0. The van der Waals surface area contributed by atoms with Crippen LogP contribution in [0.4, 0.5) is 9.59 Å². The van der Waals surface area contributed by atoms with Crippen molar-refractivity contribution in [1.29, 1.82) is 0 Å². The molecular formula is C14H18N4O3. The Labute approximate surface area is 122 Å². The minimum absolute atomic E-state index is 0.0513. The topological polar surface area (TPSA) is 85.2 Å². The SMILES string of the molecule is CCCCNC(=O)n1c(OC(=O)NC)nc2ccccc21. The van der Waals surface area contributed by atoms with Gasteiger partial charge in [0.25, 0.3) is 0 Å². The Kier molecular flexibility index (Phi) is 4.76. The van der Waals surface area contributed by atoms with Crippen LogP contribution in [0, 0.1) is 0 Å². The molecule has 0 radical (unpaired) electrons. The number of para-hydroxylation sites is 2. The first-order valence-corrected chi connectivity index (χ1v) is 6.82. The number of hydrogen-bond donors (Lipinski definition) is 2. The molecule has 7 heteroatoms. The van der Waals surface area contributed by atoms with Gasteiger partial charge < -0.3 is 15.4 Å². The van der Waals surface area contributed by atoms with E-state index in [4.69, 9.17) is 4.74 Å². The molecule has 0 fully saturated rings. The number of ether oxygens (including phenoxy) is 1. The Bertz CT molecular complexity index is 651. The van der Waals surface area contributed by atoms with E-state index in [0.717, 1.165) is 12.8 Å². The molecule has 7 nitrogen and oxygen atoms in total. The van der Waals surface area contributed by atoms with Crippen molar-refractivity contribution in [3.8, 4) is 6.01 Å². The number of amides is 2. The quantitative estimate of drug-likeness (QED) is 0.844. The molecule has 0 unspecified atom stereocenters. The number of unbranched alkanes of at least 4 members (excludes halogenated alkanes) is 1. The van der Waals surface area contributed by atoms with Gasteiger partial charge in [-0.3, -0.25) is 0 Å². The molecule has 2 rings (SSSR count). The number of hydrogen-bond acceptors (Lipinski definition) is 4. The molecule has 0 bridgehead atoms. The van der Waals surface area contributed by atoms with Gasteiger partial charge in [0, 0.05) is 13.6 Å². The highest BCUT2D eigenvalue weighted by atomic mass is 16.6. The van der Waals surface area contributed by atoms with Crippen LogP contribution in [-0.4, -0.2) is 35.3 Å². The molecule has 21 heavy (non-hydrogen) atoms. The van der Waals surface area contributed by atoms with E-state index in [2.05, 4.69) is 15.6 Å². The number of fused-ring (bicyclic) bond motifs is 1.